The summed E-state index contributed by atoms with van der Waals surface area (Å²) in [4.78, 5) is 14.1. The first-order chi connectivity index (χ1) is 9.31. The van der Waals surface area contributed by atoms with Crippen molar-refractivity contribution in [2.75, 3.05) is 18.1 Å². The van der Waals surface area contributed by atoms with Gasteiger partial charge < -0.3 is 9.72 Å². The monoisotopic (exact) mass is 295 g/mol. The molecule has 1 atom stereocenters. The van der Waals surface area contributed by atoms with Crippen LogP contribution in [0.5, 0.6) is 0 Å². The molecule has 0 radical (unpaired) electrons. The van der Waals surface area contributed by atoms with Crippen molar-refractivity contribution in [1.29, 1.82) is 0 Å². The summed E-state index contributed by atoms with van der Waals surface area (Å²) in [7, 11) is 0. The highest BCUT2D eigenvalue weighted by Gasteiger charge is 2.13. The second-order valence-electron chi connectivity index (χ2n) is 4.80. The third kappa shape index (κ3) is 3.41. The van der Waals surface area contributed by atoms with Crippen molar-refractivity contribution in [2.24, 2.45) is 0 Å². The largest absolute Gasteiger partial charge is 0.377 e. The number of fused-ring (bicyclic) bond motifs is 1. The van der Waals surface area contributed by atoms with E-state index in [2.05, 4.69) is 17.1 Å². The minimum atomic E-state index is 0.0276. The number of ether oxygens (including phenoxy) is 1. The second-order valence-corrected chi connectivity index (χ2v) is 6.97. The molecule has 1 aromatic heterocycles. The number of H-pyrrole nitrogens is 1. The van der Waals surface area contributed by atoms with E-state index in [9.17, 15) is 4.79 Å². The van der Waals surface area contributed by atoms with Crippen LogP contribution in [-0.4, -0.2) is 29.2 Å². The normalized spacial score (nSPS) is 19.9. The van der Waals surface area contributed by atoms with Crippen LogP contribution in [0.1, 0.15) is 18.4 Å². The first-order valence-electron chi connectivity index (χ1n) is 6.62. The number of aromatic amines is 1. The van der Waals surface area contributed by atoms with Crippen molar-refractivity contribution in [3.8, 4) is 0 Å². The lowest BCUT2D eigenvalue weighted by molar-refractivity contribution is 0.0684. The minimum Gasteiger partial charge on any atom is -0.377 e. The zero-order chi connectivity index (χ0) is 13.1. The highest BCUT2D eigenvalue weighted by Crippen LogP contribution is 2.20. The van der Waals surface area contributed by atoms with Crippen LogP contribution < -0.4 is 4.87 Å². The predicted molar refractivity (Wildman–Crippen MR) is 82.4 cm³/mol. The van der Waals surface area contributed by atoms with Gasteiger partial charge in [0.25, 0.3) is 0 Å². The molecule has 1 aliphatic rings. The van der Waals surface area contributed by atoms with Crippen molar-refractivity contribution in [3.05, 3.63) is 33.4 Å². The maximum Gasteiger partial charge on any atom is 0.305 e. The van der Waals surface area contributed by atoms with Crippen LogP contribution in [0.3, 0.4) is 0 Å². The average molecular weight is 295 g/mol. The zero-order valence-corrected chi connectivity index (χ0v) is 12.3. The lowest BCUT2D eigenvalue weighted by Crippen LogP contribution is -2.22. The zero-order valence-electron chi connectivity index (χ0n) is 10.7. The molecular weight excluding hydrogens is 278 g/mol. The number of thiazole rings is 1. The van der Waals surface area contributed by atoms with Crippen LogP contribution in [0.4, 0.5) is 0 Å². The van der Waals surface area contributed by atoms with E-state index < -0.39 is 0 Å². The molecule has 2 heterocycles. The second kappa shape index (κ2) is 6.11. The maximum atomic E-state index is 11.3. The van der Waals surface area contributed by atoms with Gasteiger partial charge in [0, 0.05) is 11.5 Å². The molecule has 0 spiro atoms. The standard InChI is InChI=1S/C14H17NO2S2/c16-14-15-12-5-4-10(8-13(12)19-14)2-1-3-11-9-18-7-6-17-11/h4-5,8,11H,1-3,6-7,9H2,(H,15,16). The molecular formula is C14H17NO2S2. The van der Waals surface area contributed by atoms with E-state index in [-0.39, 0.29) is 4.87 Å². The molecule has 1 fully saturated rings. The summed E-state index contributed by atoms with van der Waals surface area (Å²) in [6, 6.07) is 6.26. The number of nitrogens with one attached hydrogen (secondary N) is 1. The third-order valence-corrected chi connectivity index (χ3v) is 5.27. The smallest absolute Gasteiger partial charge is 0.305 e. The first-order valence-corrected chi connectivity index (χ1v) is 8.59. The van der Waals surface area contributed by atoms with E-state index in [1.165, 1.54) is 16.9 Å². The Bertz CT molecular complexity index is 599. The number of aromatic nitrogens is 1. The van der Waals surface area contributed by atoms with Crippen LogP contribution in [-0.2, 0) is 11.2 Å². The van der Waals surface area contributed by atoms with Gasteiger partial charge in [-0.25, -0.2) is 0 Å². The molecule has 0 bridgehead atoms. The van der Waals surface area contributed by atoms with Gasteiger partial charge >= 0.3 is 4.87 Å². The Kier molecular flexibility index (Phi) is 4.25. The van der Waals surface area contributed by atoms with Gasteiger partial charge in [0.2, 0.25) is 0 Å². The van der Waals surface area contributed by atoms with Gasteiger partial charge in [-0.05, 0) is 37.0 Å². The van der Waals surface area contributed by atoms with Gasteiger partial charge in [-0.3, -0.25) is 4.79 Å². The van der Waals surface area contributed by atoms with E-state index >= 15 is 0 Å². The summed E-state index contributed by atoms with van der Waals surface area (Å²) in [5.41, 5.74) is 2.26. The Morgan fingerprint density at radius 3 is 3.21 bits per heavy atom. The number of hydrogen-bond donors (Lipinski definition) is 1. The summed E-state index contributed by atoms with van der Waals surface area (Å²) in [5, 5.41) is 0. The molecule has 3 nitrogen and oxygen atoms in total. The quantitative estimate of drug-likeness (QED) is 0.942. The van der Waals surface area contributed by atoms with Crippen molar-refractivity contribution in [1.82, 2.24) is 4.98 Å². The molecule has 1 N–H and O–H groups in total. The molecule has 3 rings (SSSR count). The van der Waals surface area contributed by atoms with Crippen molar-refractivity contribution >= 4 is 33.3 Å². The third-order valence-electron chi connectivity index (χ3n) is 3.36. The number of benzene rings is 1. The van der Waals surface area contributed by atoms with E-state index in [1.54, 1.807) is 0 Å². The maximum absolute atomic E-state index is 11.3. The van der Waals surface area contributed by atoms with Gasteiger partial charge in [0.1, 0.15) is 0 Å². The Balaban J connectivity index is 1.57. The molecule has 1 saturated heterocycles. The van der Waals surface area contributed by atoms with E-state index in [0.29, 0.717) is 6.10 Å². The fourth-order valence-electron chi connectivity index (χ4n) is 2.38. The number of hydrogen-bond acceptors (Lipinski definition) is 4. The fraction of sp³-hybridized carbons (Fsp3) is 0.500. The lowest BCUT2D eigenvalue weighted by atomic mass is 10.1. The van der Waals surface area contributed by atoms with Crippen molar-refractivity contribution in [3.63, 3.8) is 0 Å². The Labute approximate surface area is 120 Å². The van der Waals surface area contributed by atoms with Crippen LogP contribution in [0.15, 0.2) is 23.0 Å². The number of rotatable bonds is 4. The van der Waals surface area contributed by atoms with Gasteiger partial charge in [-0.1, -0.05) is 17.4 Å². The summed E-state index contributed by atoms with van der Waals surface area (Å²) >= 11 is 3.28. The minimum absolute atomic E-state index is 0.0276. The molecule has 1 aliphatic heterocycles. The van der Waals surface area contributed by atoms with Gasteiger partial charge in [-0.2, -0.15) is 11.8 Å². The molecule has 19 heavy (non-hydrogen) atoms. The summed E-state index contributed by atoms with van der Waals surface area (Å²) in [6.45, 7) is 0.901. The Hall–Kier alpha value is -0.780. The molecule has 1 aromatic carbocycles. The summed E-state index contributed by atoms with van der Waals surface area (Å²) < 4.78 is 6.79. The number of thioether (sulfide) groups is 1. The molecule has 0 amide bonds. The van der Waals surface area contributed by atoms with Crippen molar-refractivity contribution < 1.29 is 4.74 Å². The molecule has 2 aromatic rings. The number of aryl methyl sites for hydroxylation is 1. The summed E-state index contributed by atoms with van der Waals surface area (Å²) in [6.07, 6.45) is 3.78. The SMILES string of the molecule is O=c1[nH]c2ccc(CCCC3CSCCO3)cc2s1. The Morgan fingerprint density at radius 1 is 1.42 bits per heavy atom. The lowest BCUT2D eigenvalue weighted by Gasteiger charge is -2.22. The molecule has 0 aliphatic carbocycles. The van der Waals surface area contributed by atoms with Gasteiger partial charge in [0.15, 0.2) is 0 Å². The van der Waals surface area contributed by atoms with E-state index in [4.69, 9.17) is 4.74 Å². The fourth-order valence-corrected chi connectivity index (χ4v) is 4.09. The average Bonchev–Trinajstić information content (AvgIpc) is 2.79. The summed E-state index contributed by atoms with van der Waals surface area (Å²) in [5.74, 6) is 2.28. The topological polar surface area (TPSA) is 42.1 Å². The van der Waals surface area contributed by atoms with E-state index in [1.807, 2.05) is 17.8 Å². The van der Waals surface area contributed by atoms with Crippen LogP contribution in [0.2, 0.25) is 0 Å². The van der Waals surface area contributed by atoms with E-state index in [0.717, 1.165) is 47.6 Å². The molecule has 102 valence electrons. The predicted octanol–water partition coefficient (Wildman–Crippen LogP) is 3.04. The highest BCUT2D eigenvalue weighted by molar-refractivity contribution is 7.99. The van der Waals surface area contributed by atoms with Gasteiger partial charge in [-0.15, -0.1) is 0 Å². The van der Waals surface area contributed by atoms with Crippen LogP contribution in [0, 0.1) is 0 Å². The molecule has 0 saturated carbocycles. The first kappa shape index (κ1) is 13.2. The van der Waals surface area contributed by atoms with Crippen LogP contribution in [0.25, 0.3) is 10.2 Å². The van der Waals surface area contributed by atoms with Crippen molar-refractivity contribution in [2.45, 2.75) is 25.4 Å². The van der Waals surface area contributed by atoms with Crippen LogP contribution >= 0.6 is 23.1 Å². The van der Waals surface area contributed by atoms with Gasteiger partial charge in [0.05, 0.1) is 22.9 Å². The molecule has 1 unspecified atom stereocenters. The highest BCUT2D eigenvalue weighted by atomic mass is 32.2. The Morgan fingerprint density at radius 2 is 2.37 bits per heavy atom. The molecule has 5 heteroatoms.